The van der Waals surface area contributed by atoms with Gasteiger partial charge in [0.25, 0.3) is 0 Å². The van der Waals surface area contributed by atoms with Crippen LogP contribution in [0.2, 0.25) is 0 Å². The summed E-state index contributed by atoms with van der Waals surface area (Å²) >= 11 is 0. The van der Waals surface area contributed by atoms with Crippen LogP contribution in [0.25, 0.3) is 0 Å². The molecule has 0 heterocycles. The van der Waals surface area contributed by atoms with Crippen LogP contribution in [0.1, 0.15) is 0 Å². The summed E-state index contributed by atoms with van der Waals surface area (Å²) in [5.74, 6) is -4.01. The summed E-state index contributed by atoms with van der Waals surface area (Å²) in [5, 5.41) is 16.3. The Bertz CT molecular complexity index is 75.7. The fraction of sp³-hybridized carbons (Fsp3) is 0. The fourth-order valence-corrected chi connectivity index (χ4v) is 0. The molecule has 36 valence electrons. The molecule has 0 amide bonds. The Morgan fingerprint density at radius 1 is 1.43 bits per heavy atom. The molecule has 0 saturated carbocycles. The first-order chi connectivity index (χ1) is 2.64. The van der Waals surface area contributed by atoms with Gasteiger partial charge in [0.15, 0.2) is 5.97 Å². The first-order valence-electron chi connectivity index (χ1n) is 1.09. The van der Waals surface area contributed by atoms with Gasteiger partial charge in [0.05, 0.1) is 0 Å². The Morgan fingerprint density at radius 3 is 1.57 bits per heavy atom. The van der Waals surface area contributed by atoms with E-state index in [0.717, 1.165) is 0 Å². The first-order valence-corrected chi connectivity index (χ1v) is 1.09. The molecule has 0 rings (SSSR count). The Kier molecular flexibility index (Phi) is 5.22. The fourth-order valence-electron chi connectivity index (χ4n) is 0. The molecule has 0 spiro atoms. The average molecular weight is 154 g/mol. The minimum absolute atomic E-state index is 0. The topological polar surface area (TPSA) is 77.4 Å². The van der Waals surface area contributed by atoms with Crippen molar-refractivity contribution in [2.24, 2.45) is 0 Å². The van der Waals surface area contributed by atoms with Crippen molar-refractivity contribution >= 4 is 11.9 Å². The second-order valence-corrected chi connectivity index (χ2v) is 0.593. The summed E-state index contributed by atoms with van der Waals surface area (Å²) in [6.45, 7) is 0. The van der Waals surface area contributed by atoms with Crippen molar-refractivity contribution < 1.29 is 39.3 Å². The minimum Gasteiger partial charge on any atom is -0.539 e. The van der Waals surface area contributed by atoms with Crippen LogP contribution in [0.3, 0.4) is 0 Å². The van der Waals surface area contributed by atoms with E-state index in [2.05, 4.69) is 0 Å². The second kappa shape index (κ2) is 3.74. The van der Waals surface area contributed by atoms with Gasteiger partial charge in [-0.3, -0.25) is 0 Å². The van der Waals surface area contributed by atoms with Gasteiger partial charge < -0.3 is 15.0 Å². The number of carboxylic acids is 2. The predicted molar refractivity (Wildman–Crippen MR) is 12.6 cm³/mol. The number of aliphatic carboxylic acids is 2. The van der Waals surface area contributed by atoms with E-state index in [0.29, 0.717) is 0 Å². The molecule has 7 heavy (non-hydrogen) atoms. The van der Waals surface area contributed by atoms with E-state index < -0.39 is 11.9 Å². The third-order valence-electron chi connectivity index (χ3n) is 0.175. The molecule has 4 nitrogen and oxygen atoms in total. The largest absolute Gasteiger partial charge is 0.539 e. The summed E-state index contributed by atoms with van der Waals surface area (Å²) < 4.78 is 0. The second-order valence-electron chi connectivity index (χ2n) is 0.593. The molecule has 0 atom stereocenters. The van der Waals surface area contributed by atoms with Gasteiger partial charge in [0.2, 0.25) is 0 Å². The molecule has 0 aromatic heterocycles. The van der Waals surface area contributed by atoms with Crippen molar-refractivity contribution in [2.45, 2.75) is 0 Å². The number of rotatable bonds is 0. The molecule has 0 fully saturated rings. The molecule has 0 radical (unpaired) electrons. The average Bonchev–Trinajstić information content (AvgIpc) is 1.36. The summed E-state index contributed by atoms with van der Waals surface area (Å²) in [6.07, 6.45) is 0. The van der Waals surface area contributed by atoms with Gasteiger partial charge in [0.1, 0.15) is 0 Å². The molecule has 0 aromatic rings. The van der Waals surface area contributed by atoms with E-state index in [1.54, 1.807) is 0 Å². The van der Waals surface area contributed by atoms with Gasteiger partial charge in [-0.05, 0) is 0 Å². The zero-order valence-corrected chi connectivity index (χ0v) is 6.35. The Morgan fingerprint density at radius 2 is 1.57 bits per heavy atom. The van der Waals surface area contributed by atoms with Crippen molar-refractivity contribution in [2.75, 3.05) is 0 Å². The van der Waals surface area contributed by atoms with Crippen molar-refractivity contribution in [3.8, 4) is 0 Å². The van der Waals surface area contributed by atoms with Crippen LogP contribution in [-0.2, 0) is 29.1 Å². The van der Waals surface area contributed by atoms with E-state index in [9.17, 15) is 0 Å². The maximum Gasteiger partial charge on any atom is 0.351 e. The molecule has 5 heteroatoms. The van der Waals surface area contributed by atoms with E-state index in [1.807, 2.05) is 0 Å². The van der Waals surface area contributed by atoms with E-state index in [1.165, 1.54) is 0 Å². The monoisotopic (exact) mass is 153 g/mol. The number of carbonyl (C=O) groups excluding carboxylic acids is 1. The van der Waals surface area contributed by atoms with Gasteiger partial charge >= 0.3 is 5.97 Å². The van der Waals surface area contributed by atoms with Crippen LogP contribution in [0.5, 0.6) is 0 Å². The van der Waals surface area contributed by atoms with Crippen molar-refractivity contribution in [3.05, 3.63) is 0 Å². The zero-order valence-electron chi connectivity index (χ0n) is 3.38. The minimum atomic E-state index is -2.07. The first kappa shape index (κ1) is 9.76. The van der Waals surface area contributed by atoms with Crippen LogP contribution in [-0.4, -0.2) is 17.0 Å². The molecular weight excluding hydrogens is 153 g/mol. The summed E-state index contributed by atoms with van der Waals surface area (Å²) in [6, 6.07) is 0. The van der Waals surface area contributed by atoms with Gasteiger partial charge in [-0.25, -0.2) is 4.79 Å². The van der Waals surface area contributed by atoms with Gasteiger partial charge in [-0.1, -0.05) is 0 Å². The normalized spacial score (nSPS) is 6.29. The maximum atomic E-state index is 9.04. The molecule has 0 aliphatic heterocycles. The van der Waals surface area contributed by atoms with Crippen LogP contribution in [0, 0.1) is 0 Å². The maximum absolute atomic E-state index is 9.04. The number of carbonyl (C=O) groups is 2. The number of carboxylic acid groups (broad SMARTS) is 2. The van der Waals surface area contributed by atoms with Gasteiger partial charge in [0, 0.05) is 19.5 Å². The number of hydrogen-bond donors (Lipinski definition) is 1. The van der Waals surface area contributed by atoms with Crippen molar-refractivity contribution in [3.63, 3.8) is 0 Å². The van der Waals surface area contributed by atoms with Crippen molar-refractivity contribution in [1.29, 1.82) is 0 Å². The molecule has 0 unspecified atom stereocenters. The van der Waals surface area contributed by atoms with Gasteiger partial charge in [-0.2, -0.15) is 0 Å². The Hall–Kier alpha value is -0.437. The smallest absolute Gasteiger partial charge is 0.351 e. The molecule has 1 N–H and O–H groups in total. The van der Waals surface area contributed by atoms with Crippen molar-refractivity contribution in [1.82, 2.24) is 0 Å². The summed E-state index contributed by atoms with van der Waals surface area (Å²) in [7, 11) is 0. The van der Waals surface area contributed by atoms with Crippen LogP contribution >= 0.6 is 0 Å². The molecule has 0 saturated heterocycles. The van der Waals surface area contributed by atoms with Crippen LogP contribution in [0.15, 0.2) is 0 Å². The third-order valence-corrected chi connectivity index (χ3v) is 0.175. The molecule has 0 aromatic carbocycles. The van der Waals surface area contributed by atoms with E-state index in [4.69, 9.17) is 19.8 Å². The van der Waals surface area contributed by atoms with Gasteiger partial charge in [-0.15, -0.1) is 0 Å². The number of hydrogen-bond acceptors (Lipinski definition) is 3. The van der Waals surface area contributed by atoms with Crippen LogP contribution < -0.4 is 5.11 Å². The van der Waals surface area contributed by atoms with E-state index in [-0.39, 0.29) is 19.5 Å². The molecule has 0 aliphatic carbocycles. The summed E-state index contributed by atoms with van der Waals surface area (Å²) in [5.41, 5.74) is 0. The predicted octanol–water partition coefficient (Wildman–Crippen LogP) is -2.18. The summed E-state index contributed by atoms with van der Waals surface area (Å²) in [4.78, 5) is 18.0. The van der Waals surface area contributed by atoms with Crippen LogP contribution in [0.4, 0.5) is 0 Å². The standard InChI is InChI=1S/C2H2O4.Zn/c3-1(4)2(5)6;/h(H,3,4)(H,5,6);/p-1. The quantitative estimate of drug-likeness (QED) is 0.318. The Labute approximate surface area is 51.9 Å². The van der Waals surface area contributed by atoms with E-state index >= 15 is 0 Å². The molecule has 0 bridgehead atoms. The SMILES string of the molecule is O=C([O-])C(=O)O.[Zn]. The third kappa shape index (κ3) is 5.56. The molecule has 0 aliphatic rings. The zero-order chi connectivity index (χ0) is 5.15. The Balaban J connectivity index is 0. The molecular formula is C2HO4Zn-.